The van der Waals surface area contributed by atoms with Crippen LogP contribution in [0.1, 0.15) is 28.8 Å². The maximum absolute atomic E-state index is 13.5. The van der Waals surface area contributed by atoms with Crippen LogP contribution in [0.15, 0.2) is 66.7 Å². The summed E-state index contributed by atoms with van der Waals surface area (Å²) in [4.78, 5) is 15.1. The molecule has 1 aliphatic heterocycles. The number of carbonyl (C=O) groups excluding carboxylic acids is 1. The SMILES string of the molecule is O=C(c1cccc2ccccc12)N1CCC[C@H]1Cc1cccc(F)c1. The summed E-state index contributed by atoms with van der Waals surface area (Å²) in [7, 11) is 0. The van der Waals surface area contributed by atoms with Crippen LogP contribution in [0.3, 0.4) is 0 Å². The molecule has 0 aliphatic carbocycles. The largest absolute Gasteiger partial charge is 0.335 e. The lowest BCUT2D eigenvalue weighted by Gasteiger charge is -2.25. The van der Waals surface area contributed by atoms with Crippen LogP contribution in [0.25, 0.3) is 10.8 Å². The molecular weight excluding hydrogens is 313 g/mol. The third kappa shape index (κ3) is 3.14. The lowest BCUT2D eigenvalue weighted by Crippen LogP contribution is -2.36. The first-order valence-corrected chi connectivity index (χ1v) is 8.75. The first-order valence-electron chi connectivity index (χ1n) is 8.75. The number of carbonyl (C=O) groups is 1. The number of rotatable bonds is 3. The number of fused-ring (bicyclic) bond motifs is 1. The van der Waals surface area contributed by atoms with E-state index in [4.69, 9.17) is 0 Å². The number of benzene rings is 3. The Morgan fingerprint density at radius 3 is 2.72 bits per heavy atom. The van der Waals surface area contributed by atoms with Gasteiger partial charge < -0.3 is 4.90 Å². The van der Waals surface area contributed by atoms with Gasteiger partial charge in [0.25, 0.3) is 5.91 Å². The van der Waals surface area contributed by atoms with Crippen LogP contribution in [0.4, 0.5) is 4.39 Å². The fourth-order valence-electron chi connectivity index (χ4n) is 3.82. The lowest BCUT2D eigenvalue weighted by atomic mass is 10.0. The van der Waals surface area contributed by atoms with Crippen molar-refractivity contribution in [3.63, 3.8) is 0 Å². The maximum Gasteiger partial charge on any atom is 0.254 e. The Bertz CT molecular complexity index is 915. The summed E-state index contributed by atoms with van der Waals surface area (Å²) in [6, 6.07) is 20.7. The monoisotopic (exact) mass is 333 g/mol. The van der Waals surface area contributed by atoms with Crippen LogP contribution < -0.4 is 0 Å². The number of amides is 1. The Labute approximate surface area is 146 Å². The molecule has 1 amide bonds. The van der Waals surface area contributed by atoms with E-state index < -0.39 is 0 Å². The van der Waals surface area contributed by atoms with Crippen LogP contribution >= 0.6 is 0 Å². The van der Waals surface area contributed by atoms with Gasteiger partial charge in [-0.1, -0.05) is 48.5 Å². The second-order valence-electron chi connectivity index (χ2n) is 6.66. The van der Waals surface area contributed by atoms with Gasteiger partial charge in [-0.25, -0.2) is 4.39 Å². The number of likely N-dealkylation sites (tertiary alicyclic amines) is 1. The molecule has 1 fully saturated rings. The second kappa shape index (κ2) is 6.67. The normalized spacial score (nSPS) is 17.2. The molecule has 0 unspecified atom stereocenters. The van der Waals surface area contributed by atoms with E-state index in [2.05, 4.69) is 0 Å². The molecule has 3 aromatic rings. The van der Waals surface area contributed by atoms with Gasteiger partial charge in [0.1, 0.15) is 5.82 Å². The molecule has 0 radical (unpaired) electrons. The van der Waals surface area contributed by atoms with Crippen molar-refractivity contribution < 1.29 is 9.18 Å². The van der Waals surface area contributed by atoms with Crippen molar-refractivity contribution in [2.75, 3.05) is 6.54 Å². The zero-order valence-corrected chi connectivity index (χ0v) is 14.0. The van der Waals surface area contributed by atoms with E-state index in [1.54, 1.807) is 12.1 Å². The van der Waals surface area contributed by atoms with E-state index in [-0.39, 0.29) is 17.8 Å². The highest BCUT2D eigenvalue weighted by molar-refractivity contribution is 6.07. The van der Waals surface area contributed by atoms with Gasteiger partial charge in [-0.15, -0.1) is 0 Å². The molecular formula is C22H20FNO. The van der Waals surface area contributed by atoms with Crippen molar-refractivity contribution in [2.45, 2.75) is 25.3 Å². The predicted molar refractivity (Wildman–Crippen MR) is 98.1 cm³/mol. The Hall–Kier alpha value is -2.68. The van der Waals surface area contributed by atoms with E-state index in [1.165, 1.54) is 6.07 Å². The fourth-order valence-corrected chi connectivity index (χ4v) is 3.82. The highest BCUT2D eigenvalue weighted by Crippen LogP contribution is 2.26. The molecule has 1 heterocycles. The van der Waals surface area contributed by atoms with Crippen molar-refractivity contribution in [1.29, 1.82) is 0 Å². The highest BCUT2D eigenvalue weighted by Gasteiger charge is 2.30. The van der Waals surface area contributed by atoms with Gasteiger partial charge in [0.2, 0.25) is 0 Å². The van der Waals surface area contributed by atoms with Crippen molar-refractivity contribution in [1.82, 2.24) is 4.90 Å². The molecule has 3 aromatic carbocycles. The van der Waals surface area contributed by atoms with E-state index in [0.29, 0.717) is 6.42 Å². The summed E-state index contributed by atoms with van der Waals surface area (Å²) in [5.41, 5.74) is 1.70. The Morgan fingerprint density at radius 1 is 1.04 bits per heavy atom. The summed E-state index contributed by atoms with van der Waals surface area (Å²) >= 11 is 0. The van der Waals surface area contributed by atoms with Crippen LogP contribution in [-0.2, 0) is 6.42 Å². The van der Waals surface area contributed by atoms with E-state index in [0.717, 1.165) is 41.3 Å². The summed E-state index contributed by atoms with van der Waals surface area (Å²) in [5, 5.41) is 2.07. The average Bonchev–Trinajstić information content (AvgIpc) is 3.09. The standard InChI is InChI=1S/C22H20FNO/c23-18-9-3-6-16(14-18)15-19-10-5-13-24(19)22(25)21-12-4-8-17-7-1-2-11-20(17)21/h1-4,6-9,11-12,14,19H,5,10,13,15H2/t19-/m0/s1. The van der Waals surface area contributed by atoms with Crippen molar-refractivity contribution >= 4 is 16.7 Å². The lowest BCUT2D eigenvalue weighted by molar-refractivity contribution is 0.0738. The van der Waals surface area contributed by atoms with E-state index in [9.17, 15) is 9.18 Å². The fraction of sp³-hybridized carbons (Fsp3) is 0.227. The molecule has 0 bridgehead atoms. The average molecular weight is 333 g/mol. The van der Waals surface area contributed by atoms with Gasteiger partial charge in [-0.2, -0.15) is 0 Å². The minimum absolute atomic E-state index is 0.0794. The molecule has 1 atom stereocenters. The van der Waals surface area contributed by atoms with Gasteiger partial charge in [-0.3, -0.25) is 4.79 Å². The molecule has 1 saturated heterocycles. The first kappa shape index (κ1) is 15.8. The maximum atomic E-state index is 13.5. The first-order chi connectivity index (χ1) is 12.2. The predicted octanol–water partition coefficient (Wildman–Crippen LogP) is 4.83. The molecule has 0 aromatic heterocycles. The third-order valence-electron chi connectivity index (χ3n) is 5.02. The Balaban J connectivity index is 1.62. The van der Waals surface area contributed by atoms with E-state index in [1.807, 2.05) is 53.4 Å². The molecule has 126 valence electrons. The summed E-state index contributed by atoms with van der Waals surface area (Å²) in [6.07, 6.45) is 2.66. The molecule has 25 heavy (non-hydrogen) atoms. The number of halogens is 1. The molecule has 3 heteroatoms. The summed E-state index contributed by atoms with van der Waals surface area (Å²) < 4.78 is 13.5. The smallest absolute Gasteiger partial charge is 0.254 e. The molecule has 0 saturated carbocycles. The minimum atomic E-state index is -0.220. The highest BCUT2D eigenvalue weighted by atomic mass is 19.1. The molecule has 2 nitrogen and oxygen atoms in total. The summed E-state index contributed by atoms with van der Waals surface area (Å²) in [6.45, 7) is 0.766. The third-order valence-corrected chi connectivity index (χ3v) is 5.02. The zero-order chi connectivity index (χ0) is 17.2. The quantitative estimate of drug-likeness (QED) is 0.672. The summed E-state index contributed by atoms with van der Waals surface area (Å²) in [5.74, 6) is -0.141. The minimum Gasteiger partial charge on any atom is -0.335 e. The van der Waals surface area contributed by atoms with Crippen molar-refractivity contribution in [3.8, 4) is 0 Å². The van der Waals surface area contributed by atoms with Crippen molar-refractivity contribution in [2.24, 2.45) is 0 Å². The van der Waals surface area contributed by atoms with Gasteiger partial charge in [0.05, 0.1) is 0 Å². The van der Waals surface area contributed by atoms with Gasteiger partial charge in [0.15, 0.2) is 0 Å². The number of nitrogens with zero attached hydrogens (tertiary/aromatic N) is 1. The van der Waals surface area contributed by atoms with E-state index >= 15 is 0 Å². The topological polar surface area (TPSA) is 20.3 Å². The molecule has 0 N–H and O–H groups in total. The number of hydrogen-bond acceptors (Lipinski definition) is 1. The number of hydrogen-bond donors (Lipinski definition) is 0. The van der Waals surface area contributed by atoms with Crippen LogP contribution in [0, 0.1) is 5.82 Å². The Kier molecular flexibility index (Phi) is 4.22. The molecule has 0 spiro atoms. The van der Waals surface area contributed by atoms with Gasteiger partial charge >= 0.3 is 0 Å². The van der Waals surface area contributed by atoms with Crippen LogP contribution in [0.5, 0.6) is 0 Å². The second-order valence-corrected chi connectivity index (χ2v) is 6.66. The van der Waals surface area contributed by atoms with Gasteiger partial charge in [-0.05, 0) is 53.8 Å². The van der Waals surface area contributed by atoms with Crippen LogP contribution in [0.2, 0.25) is 0 Å². The Morgan fingerprint density at radius 2 is 1.84 bits per heavy atom. The van der Waals surface area contributed by atoms with Crippen LogP contribution in [-0.4, -0.2) is 23.4 Å². The zero-order valence-electron chi connectivity index (χ0n) is 14.0. The van der Waals surface area contributed by atoms with Crippen molar-refractivity contribution in [3.05, 3.63) is 83.7 Å². The molecule has 4 rings (SSSR count). The molecule has 1 aliphatic rings. The van der Waals surface area contributed by atoms with Gasteiger partial charge in [0, 0.05) is 18.2 Å².